The Balaban J connectivity index is 2.64. The van der Waals surface area contributed by atoms with Gasteiger partial charge in [-0.25, -0.2) is 0 Å². The van der Waals surface area contributed by atoms with Gasteiger partial charge >= 0.3 is 5.97 Å². The summed E-state index contributed by atoms with van der Waals surface area (Å²) in [6.45, 7) is 0. The molecule has 0 saturated carbocycles. The topological polar surface area (TPSA) is 79.1 Å². The molecule has 66 valence electrons. The average Bonchev–Trinajstić information content (AvgIpc) is 2.34. The van der Waals surface area contributed by atoms with Crippen LogP contribution in [0, 0.1) is 0 Å². The fourth-order valence-electron chi connectivity index (χ4n) is 0.896. The van der Waals surface area contributed by atoms with Gasteiger partial charge in [-0.1, -0.05) is 0 Å². The number of nitrogens with two attached hydrogens (primary N) is 1. The van der Waals surface area contributed by atoms with Crippen molar-refractivity contribution in [3.63, 3.8) is 0 Å². The maximum atomic E-state index is 10.3. The normalized spacial score (nSPS) is 12.8. The highest BCUT2D eigenvalue weighted by Gasteiger charge is 2.11. The zero-order valence-electron chi connectivity index (χ0n) is 6.25. The number of aliphatic carboxylic acids is 1. The summed E-state index contributed by atoms with van der Waals surface area (Å²) in [6.07, 6.45) is 1.66. The molecule has 12 heavy (non-hydrogen) atoms. The average molecular weight is 233 g/mol. The quantitative estimate of drug-likeness (QED) is 0.735. The molecule has 1 atom stereocenters. The molecular weight excluding hydrogens is 224 g/mol. The summed E-state index contributed by atoms with van der Waals surface area (Å²) in [5.74, 6) is -0.895. The fourth-order valence-corrected chi connectivity index (χ4v) is 1.26. The number of hydrogen-bond acceptors (Lipinski definition) is 2. The smallest absolute Gasteiger partial charge is 0.305 e. The Morgan fingerprint density at radius 1 is 1.83 bits per heavy atom. The van der Waals surface area contributed by atoms with E-state index in [9.17, 15) is 4.79 Å². The Morgan fingerprint density at radius 2 is 2.50 bits per heavy atom. The number of hydrogen-bond donors (Lipinski definition) is 3. The minimum absolute atomic E-state index is 0.0625. The van der Waals surface area contributed by atoms with E-state index >= 15 is 0 Å². The molecular formula is C7H9BrN2O2. The molecule has 0 aliphatic rings. The summed E-state index contributed by atoms with van der Waals surface area (Å²) >= 11 is 3.23. The van der Waals surface area contributed by atoms with Gasteiger partial charge < -0.3 is 15.8 Å². The number of aromatic amines is 1. The van der Waals surface area contributed by atoms with Crippen molar-refractivity contribution in [3.05, 3.63) is 22.4 Å². The summed E-state index contributed by atoms with van der Waals surface area (Å²) in [6, 6.07) is 1.31. The number of nitrogens with one attached hydrogen (secondary N) is 1. The van der Waals surface area contributed by atoms with E-state index in [1.807, 2.05) is 0 Å². The van der Waals surface area contributed by atoms with Crippen LogP contribution in [0.25, 0.3) is 0 Å². The minimum Gasteiger partial charge on any atom is -0.481 e. The van der Waals surface area contributed by atoms with Crippen molar-refractivity contribution in [2.75, 3.05) is 0 Å². The van der Waals surface area contributed by atoms with Crippen LogP contribution in [-0.4, -0.2) is 16.1 Å². The maximum Gasteiger partial charge on any atom is 0.305 e. The van der Waals surface area contributed by atoms with Gasteiger partial charge in [-0.3, -0.25) is 4.79 Å². The highest BCUT2D eigenvalue weighted by Crippen LogP contribution is 2.17. The summed E-state index contributed by atoms with van der Waals surface area (Å²) in [5.41, 5.74) is 6.30. The van der Waals surface area contributed by atoms with Crippen molar-refractivity contribution in [2.45, 2.75) is 12.5 Å². The van der Waals surface area contributed by atoms with Crippen molar-refractivity contribution < 1.29 is 9.90 Å². The molecule has 0 aromatic carbocycles. The second-order valence-electron chi connectivity index (χ2n) is 2.48. The fraction of sp³-hybridized carbons (Fsp3) is 0.286. The maximum absolute atomic E-state index is 10.3. The van der Waals surface area contributed by atoms with Crippen LogP contribution in [0.5, 0.6) is 0 Å². The lowest BCUT2D eigenvalue weighted by molar-refractivity contribution is -0.137. The Bertz CT molecular complexity index is 285. The highest BCUT2D eigenvalue weighted by atomic mass is 79.9. The SMILES string of the molecule is NC(CC(=O)O)c1cc(Br)c[nH]1. The molecule has 0 aliphatic carbocycles. The Kier molecular flexibility index (Phi) is 2.88. The van der Waals surface area contributed by atoms with Gasteiger partial charge in [-0.05, 0) is 22.0 Å². The first-order valence-electron chi connectivity index (χ1n) is 3.41. The largest absolute Gasteiger partial charge is 0.481 e. The second kappa shape index (κ2) is 3.73. The number of H-pyrrole nitrogens is 1. The van der Waals surface area contributed by atoms with Gasteiger partial charge in [-0.2, -0.15) is 0 Å². The van der Waals surface area contributed by atoms with E-state index in [4.69, 9.17) is 10.8 Å². The van der Waals surface area contributed by atoms with E-state index in [0.717, 1.165) is 10.2 Å². The van der Waals surface area contributed by atoms with E-state index in [0.29, 0.717) is 0 Å². The van der Waals surface area contributed by atoms with Crippen LogP contribution in [0.15, 0.2) is 16.7 Å². The molecule has 0 aliphatic heterocycles. The van der Waals surface area contributed by atoms with E-state index in [-0.39, 0.29) is 6.42 Å². The molecule has 0 bridgehead atoms. The van der Waals surface area contributed by atoms with Gasteiger partial charge in [-0.15, -0.1) is 0 Å². The zero-order chi connectivity index (χ0) is 9.14. The summed E-state index contributed by atoms with van der Waals surface area (Å²) in [4.78, 5) is 13.2. The van der Waals surface area contributed by atoms with E-state index in [2.05, 4.69) is 20.9 Å². The number of aromatic nitrogens is 1. The van der Waals surface area contributed by atoms with Crippen molar-refractivity contribution in [1.29, 1.82) is 0 Å². The molecule has 1 aromatic heterocycles. The summed E-state index contributed by atoms with van der Waals surface area (Å²) in [7, 11) is 0. The molecule has 1 rings (SSSR count). The monoisotopic (exact) mass is 232 g/mol. The number of carbonyl (C=O) groups is 1. The first-order chi connectivity index (χ1) is 5.59. The van der Waals surface area contributed by atoms with Crippen molar-refractivity contribution in [2.24, 2.45) is 5.73 Å². The van der Waals surface area contributed by atoms with E-state index < -0.39 is 12.0 Å². The molecule has 5 heteroatoms. The molecule has 0 fully saturated rings. The Morgan fingerprint density at radius 3 is 2.92 bits per heavy atom. The predicted octanol–water partition coefficient (Wildman–Crippen LogP) is 1.25. The van der Waals surface area contributed by atoms with E-state index in [1.54, 1.807) is 12.3 Å². The molecule has 1 aromatic rings. The number of halogens is 1. The van der Waals surface area contributed by atoms with Crippen LogP contribution >= 0.6 is 15.9 Å². The highest BCUT2D eigenvalue weighted by molar-refractivity contribution is 9.10. The molecule has 1 unspecified atom stereocenters. The first kappa shape index (κ1) is 9.28. The number of carboxylic acids is 1. The Labute approximate surface area is 77.9 Å². The lowest BCUT2D eigenvalue weighted by Crippen LogP contribution is -2.15. The molecule has 0 amide bonds. The minimum atomic E-state index is -0.895. The third kappa shape index (κ3) is 2.35. The standard InChI is InChI=1S/C7H9BrN2O2/c8-4-1-6(10-3-4)5(9)2-7(11)12/h1,3,5,10H,2,9H2,(H,11,12). The van der Waals surface area contributed by atoms with Crippen LogP contribution in [0.3, 0.4) is 0 Å². The third-order valence-corrected chi connectivity index (χ3v) is 1.92. The second-order valence-corrected chi connectivity index (χ2v) is 3.39. The molecule has 4 N–H and O–H groups in total. The van der Waals surface area contributed by atoms with Crippen LogP contribution in [0.4, 0.5) is 0 Å². The third-order valence-electron chi connectivity index (χ3n) is 1.46. The van der Waals surface area contributed by atoms with Crippen molar-refractivity contribution in [1.82, 2.24) is 4.98 Å². The number of carboxylic acid groups (broad SMARTS) is 1. The van der Waals surface area contributed by atoms with E-state index in [1.165, 1.54) is 0 Å². The molecule has 0 saturated heterocycles. The molecule has 0 radical (unpaired) electrons. The molecule has 0 spiro atoms. The first-order valence-corrected chi connectivity index (χ1v) is 4.20. The van der Waals surface area contributed by atoms with Crippen molar-refractivity contribution in [3.8, 4) is 0 Å². The van der Waals surface area contributed by atoms with Crippen LogP contribution in [0.1, 0.15) is 18.2 Å². The predicted molar refractivity (Wildman–Crippen MR) is 47.7 cm³/mol. The van der Waals surface area contributed by atoms with Crippen molar-refractivity contribution >= 4 is 21.9 Å². The Hall–Kier alpha value is -0.810. The van der Waals surface area contributed by atoms with Gasteiger partial charge in [0, 0.05) is 16.4 Å². The molecule has 1 heterocycles. The lowest BCUT2D eigenvalue weighted by atomic mass is 10.1. The van der Waals surface area contributed by atoms with Gasteiger partial charge in [0.25, 0.3) is 0 Å². The number of rotatable bonds is 3. The van der Waals surface area contributed by atoms with Crippen LogP contribution in [0.2, 0.25) is 0 Å². The van der Waals surface area contributed by atoms with Gasteiger partial charge in [0.1, 0.15) is 0 Å². The van der Waals surface area contributed by atoms with Gasteiger partial charge in [0.15, 0.2) is 0 Å². The lowest BCUT2D eigenvalue weighted by Gasteiger charge is -2.04. The summed E-state index contributed by atoms with van der Waals surface area (Å²) in [5, 5.41) is 8.45. The van der Waals surface area contributed by atoms with Gasteiger partial charge in [0.2, 0.25) is 0 Å². The molecule has 4 nitrogen and oxygen atoms in total. The van der Waals surface area contributed by atoms with Gasteiger partial charge in [0.05, 0.1) is 12.5 Å². The van der Waals surface area contributed by atoms with Crippen LogP contribution in [-0.2, 0) is 4.79 Å². The van der Waals surface area contributed by atoms with Crippen LogP contribution < -0.4 is 5.73 Å². The zero-order valence-corrected chi connectivity index (χ0v) is 7.84. The summed E-state index contributed by atoms with van der Waals surface area (Å²) < 4.78 is 0.873.